The fourth-order valence-electron chi connectivity index (χ4n) is 3.63. The van der Waals surface area contributed by atoms with Crippen LogP contribution in [0.15, 0.2) is 28.8 Å². The molecule has 1 fully saturated rings. The van der Waals surface area contributed by atoms with Gasteiger partial charge in [-0.1, -0.05) is 38.1 Å². The molecule has 160 valence electrons. The summed E-state index contributed by atoms with van der Waals surface area (Å²) in [6, 6.07) is 7.92. The van der Waals surface area contributed by atoms with Gasteiger partial charge in [0, 0.05) is 37.0 Å². The standard InChI is InChI=1S/C21H30N4O3.ClH/c1-5-17-24-18(28-25-17)15-9-7-14(8-10-15)11-12-23-19(26)21(22)13-16(27-6-2)20(21,3)4;/h7-10,16H,5-6,11-13,22H2,1-4H3,(H,23,26);1H. The average Bonchev–Trinajstić information content (AvgIpc) is 3.17. The first-order chi connectivity index (χ1) is 13.3. The van der Waals surface area contributed by atoms with Crippen molar-refractivity contribution in [2.24, 2.45) is 11.1 Å². The highest BCUT2D eigenvalue weighted by molar-refractivity contribution is 5.88. The van der Waals surface area contributed by atoms with E-state index in [-0.39, 0.29) is 29.8 Å². The molecule has 1 aliphatic carbocycles. The van der Waals surface area contributed by atoms with Gasteiger partial charge in [-0.05, 0) is 31.0 Å². The third-order valence-corrected chi connectivity index (χ3v) is 5.92. The van der Waals surface area contributed by atoms with Crippen LogP contribution in [-0.2, 0) is 22.4 Å². The summed E-state index contributed by atoms with van der Waals surface area (Å²) in [5, 5.41) is 6.90. The van der Waals surface area contributed by atoms with E-state index in [1.165, 1.54) is 0 Å². The van der Waals surface area contributed by atoms with Crippen LogP contribution in [0.4, 0.5) is 0 Å². The lowest BCUT2D eigenvalue weighted by Gasteiger charge is -2.57. The SMILES string of the molecule is CCOC1CC(N)(C(=O)NCCc2ccc(-c3nc(CC)no3)cc2)C1(C)C.Cl. The molecule has 2 aromatic rings. The highest BCUT2D eigenvalue weighted by Crippen LogP contribution is 2.49. The van der Waals surface area contributed by atoms with Crippen LogP contribution in [0.2, 0.25) is 0 Å². The largest absolute Gasteiger partial charge is 0.378 e. The summed E-state index contributed by atoms with van der Waals surface area (Å²) in [5.41, 5.74) is 7.15. The van der Waals surface area contributed by atoms with E-state index in [0.717, 1.165) is 24.0 Å². The Balaban J connectivity index is 0.00000300. The van der Waals surface area contributed by atoms with Gasteiger partial charge in [0.25, 0.3) is 5.89 Å². The second-order valence-corrected chi connectivity index (χ2v) is 7.91. The summed E-state index contributed by atoms with van der Waals surface area (Å²) in [6.45, 7) is 9.10. The summed E-state index contributed by atoms with van der Waals surface area (Å²) in [4.78, 5) is 17.0. The number of carbonyl (C=O) groups is 1. The van der Waals surface area contributed by atoms with Gasteiger partial charge in [0.1, 0.15) is 5.54 Å². The van der Waals surface area contributed by atoms with Crippen molar-refractivity contribution >= 4 is 18.3 Å². The van der Waals surface area contributed by atoms with Crippen LogP contribution >= 0.6 is 12.4 Å². The highest BCUT2D eigenvalue weighted by atomic mass is 35.5. The van der Waals surface area contributed by atoms with Crippen LogP contribution in [-0.4, -0.2) is 40.8 Å². The first kappa shape index (κ1) is 23.3. The fraction of sp³-hybridized carbons (Fsp3) is 0.571. The summed E-state index contributed by atoms with van der Waals surface area (Å²) < 4.78 is 10.9. The maximum Gasteiger partial charge on any atom is 0.257 e. The van der Waals surface area contributed by atoms with Gasteiger partial charge < -0.3 is 20.3 Å². The van der Waals surface area contributed by atoms with Crippen molar-refractivity contribution in [3.63, 3.8) is 0 Å². The molecule has 0 bridgehead atoms. The molecule has 1 aromatic carbocycles. The number of carbonyl (C=O) groups excluding carboxylic acids is 1. The molecule has 1 heterocycles. The van der Waals surface area contributed by atoms with E-state index < -0.39 is 5.54 Å². The predicted octanol–water partition coefficient (Wildman–Crippen LogP) is 2.91. The Morgan fingerprint density at radius 2 is 2.00 bits per heavy atom. The zero-order chi connectivity index (χ0) is 20.4. The molecule has 2 atom stereocenters. The van der Waals surface area contributed by atoms with Crippen molar-refractivity contribution in [1.29, 1.82) is 0 Å². The van der Waals surface area contributed by atoms with Gasteiger partial charge >= 0.3 is 0 Å². The number of ether oxygens (including phenoxy) is 1. The van der Waals surface area contributed by atoms with Crippen LogP contribution < -0.4 is 11.1 Å². The summed E-state index contributed by atoms with van der Waals surface area (Å²) in [5.74, 6) is 1.11. The Hall–Kier alpha value is -1.96. The fourth-order valence-corrected chi connectivity index (χ4v) is 3.63. The lowest BCUT2D eigenvalue weighted by atomic mass is 9.54. The second-order valence-electron chi connectivity index (χ2n) is 7.91. The third-order valence-electron chi connectivity index (χ3n) is 5.92. The Bertz CT molecular complexity index is 822. The minimum Gasteiger partial charge on any atom is -0.378 e. The molecule has 1 aromatic heterocycles. The minimum absolute atomic E-state index is 0. The zero-order valence-electron chi connectivity index (χ0n) is 17.5. The van der Waals surface area contributed by atoms with Crippen molar-refractivity contribution in [2.45, 2.75) is 58.6 Å². The van der Waals surface area contributed by atoms with E-state index in [9.17, 15) is 4.79 Å². The molecule has 2 unspecified atom stereocenters. The maximum absolute atomic E-state index is 12.7. The van der Waals surface area contributed by atoms with E-state index in [0.29, 0.717) is 31.3 Å². The molecule has 1 amide bonds. The number of benzene rings is 1. The molecule has 0 saturated heterocycles. The van der Waals surface area contributed by atoms with Crippen molar-refractivity contribution in [3.05, 3.63) is 35.7 Å². The van der Waals surface area contributed by atoms with Gasteiger partial charge in [0.2, 0.25) is 5.91 Å². The van der Waals surface area contributed by atoms with Gasteiger partial charge in [-0.2, -0.15) is 4.98 Å². The number of nitrogens with two attached hydrogens (primary N) is 1. The predicted molar refractivity (Wildman–Crippen MR) is 114 cm³/mol. The van der Waals surface area contributed by atoms with Gasteiger partial charge in [0.15, 0.2) is 5.82 Å². The summed E-state index contributed by atoms with van der Waals surface area (Å²) in [6.07, 6.45) is 2.05. The van der Waals surface area contributed by atoms with Gasteiger partial charge in [0.05, 0.1) is 6.10 Å². The number of rotatable bonds is 8. The van der Waals surface area contributed by atoms with Crippen LogP contribution in [0.1, 0.15) is 45.5 Å². The Morgan fingerprint density at radius 1 is 1.31 bits per heavy atom. The van der Waals surface area contributed by atoms with Crippen LogP contribution in [0.5, 0.6) is 0 Å². The average molecular weight is 423 g/mol. The molecule has 8 heteroatoms. The number of amides is 1. The molecule has 1 saturated carbocycles. The van der Waals surface area contributed by atoms with E-state index >= 15 is 0 Å². The number of hydrogen-bond acceptors (Lipinski definition) is 6. The lowest BCUT2D eigenvalue weighted by molar-refractivity contribution is -0.170. The summed E-state index contributed by atoms with van der Waals surface area (Å²) in [7, 11) is 0. The van der Waals surface area contributed by atoms with E-state index in [2.05, 4.69) is 15.5 Å². The van der Waals surface area contributed by atoms with Crippen molar-refractivity contribution < 1.29 is 14.1 Å². The molecular weight excluding hydrogens is 392 g/mol. The number of hydrogen-bond donors (Lipinski definition) is 2. The second kappa shape index (κ2) is 9.24. The maximum atomic E-state index is 12.7. The zero-order valence-corrected chi connectivity index (χ0v) is 18.3. The molecule has 0 aliphatic heterocycles. The van der Waals surface area contributed by atoms with E-state index in [1.807, 2.05) is 52.0 Å². The Labute approximate surface area is 178 Å². The van der Waals surface area contributed by atoms with E-state index in [1.54, 1.807) is 0 Å². The van der Waals surface area contributed by atoms with Crippen molar-refractivity contribution in [3.8, 4) is 11.5 Å². The number of halogens is 1. The van der Waals surface area contributed by atoms with Crippen LogP contribution in [0, 0.1) is 5.41 Å². The Morgan fingerprint density at radius 3 is 2.55 bits per heavy atom. The van der Waals surface area contributed by atoms with Gasteiger partial charge in [-0.3, -0.25) is 4.79 Å². The first-order valence-corrected chi connectivity index (χ1v) is 9.92. The number of aromatic nitrogens is 2. The topological polar surface area (TPSA) is 103 Å². The molecule has 3 rings (SSSR count). The monoisotopic (exact) mass is 422 g/mol. The van der Waals surface area contributed by atoms with Crippen molar-refractivity contribution in [2.75, 3.05) is 13.2 Å². The van der Waals surface area contributed by atoms with Gasteiger partial charge in [-0.25, -0.2) is 0 Å². The Kier molecular flexibility index (Phi) is 7.43. The third kappa shape index (κ3) is 4.47. The van der Waals surface area contributed by atoms with Crippen molar-refractivity contribution in [1.82, 2.24) is 15.5 Å². The normalized spacial score (nSPS) is 22.4. The first-order valence-electron chi connectivity index (χ1n) is 9.92. The number of nitrogens with one attached hydrogen (secondary N) is 1. The molecule has 0 spiro atoms. The smallest absolute Gasteiger partial charge is 0.257 e. The molecule has 0 radical (unpaired) electrons. The molecule has 29 heavy (non-hydrogen) atoms. The van der Waals surface area contributed by atoms with Crippen LogP contribution in [0.3, 0.4) is 0 Å². The van der Waals surface area contributed by atoms with Gasteiger partial charge in [-0.15, -0.1) is 12.4 Å². The van der Waals surface area contributed by atoms with Crippen LogP contribution in [0.25, 0.3) is 11.5 Å². The minimum atomic E-state index is -0.883. The van der Waals surface area contributed by atoms with E-state index in [4.69, 9.17) is 15.0 Å². The lowest BCUT2D eigenvalue weighted by Crippen LogP contribution is -2.75. The molecule has 7 nitrogen and oxygen atoms in total. The molecule has 1 aliphatic rings. The molecule has 3 N–H and O–H groups in total. The quantitative estimate of drug-likeness (QED) is 0.677. The molecular formula is C21H31ClN4O3. The highest BCUT2D eigenvalue weighted by Gasteiger charge is 2.62. The number of aryl methyl sites for hydroxylation is 1. The summed E-state index contributed by atoms with van der Waals surface area (Å²) >= 11 is 0. The number of nitrogens with zero attached hydrogens (tertiary/aromatic N) is 2.